The van der Waals surface area contributed by atoms with Gasteiger partial charge in [-0.2, -0.15) is 0 Å². The van der Waals surface area contributed by atoms with Gasteiger partial charge in [-0.25, -0.2) is 0 Å². The molecule has 1 N–H and O–H groups in total. The van der Waals surface area contributed by atoms with Gasteiger partial charge in [-0.15, -0.1) is 0 Å². The molecule has 0 heterocycles. The van der Waals surface area contributed by atoms with E-state index < -0.39 is 6.10 Å². The Labute approximate surface area is 339 Å². The molecule has 0 aliphatic rings. The van der Waals surface area contributed by atoms with Crippen molar-refractivity contribution < 1.29 is 24.2 Å². The van der Waals surface area contributed by atoms with Crippen molar-refractivity contribution in [3.8, 4) is 0 Å². The molecule has 5 heteroatoms. The summed E-state index contributed by atoms with van der Waals surface area (Å²) in [4.78, 5) is 24.1. The van der Waals surface area contributed by atoms with Crippen LogP contribution in [0, 0.1) is 0 Å². The molecule has 0 saturated carbocycles. The number of hydrogen-bond donors (Lipinski definition) is 1. The van der Waals surface area contributed by atoms with Gasteiger partial charge in [0.1, 0.15) is 6.61 Å². The van der Waals surface area contributed by atoms with E-state index in [0.29, 0.717) is 12.8 Å². The quantitative estimate of drug-likeness (QED) is 0.0382. The van der Waals surface area contributed by atoms with Crippen molar-refractivity contribution in [3.05, 3.63) is 85.1 Å². The van der Waals surface area contributed by atoms with Gasteiger partial charge in [0.25, 0.3) is 0 Å². The third kappa shape index (κ3) is 43.7. The molecule has 0 aliphatic carbocycles. The maximum atomic E-state index is 12.1. The van der Waals surface area contributed by atoms with Crippen LogP contribution in [-0.2, 0) is 19.1 Å². The van der Waals surface area contributed by atoms with Crippen LogP contribution in [0.1, 0.15) is 200 Å². The molecule has 5 nitrogen and oxygen atoms in total. The summed E-state index contributed by atoms with van der Waals surface area (Å²) in [6.07, 6.45) is 62.7. The Balaban J connectivity index is 3.50. The molecule has 0 saturated heterocycles. The standard InChI is InChI=1S/C50H84O5/c1-3-5-7-9-11-12-13-14-15-16-17-18-19-20-21-22-23-24-25-26-27-28-29-30-31-32-33-34-35-36-37-38-39-41-43-45-50(53)55-48(46-51)47-54-49(52)44-42-40-10-8-6-4-2/h5,7,11-12,14-15,17-18,20-21,23-24,26-27,48,51H,3-4,6,8-10,13,16,19,22,25,28-47H2,1-2H3/b7-5-,12-11-,15-14-,18-17-,21-20-,24-23-,27-26-. The molecule has 0 amide bonds. The van der Waals surface area contributed by atoms with Gasteiger partial charge in [0.15, 0.2) is 6.10 Å². The molecule has 0 bridgehead atoms. The lowest BCUT2D eigenvalue weighted by Gasteiger charge is -2.15. The van der Waals surface area contributed by atoms with Crippen LogP contribution in [0.2, 0.25) is 0 Å². The molecule has 0 fully saturated rings. The second kappa shape index (κ2) is 45.5. The van der Waals surface area contributed by atoms with Gasteiger partial charge in [-0.1, -0.05) is 202 Å². The second-order valence-corrected chi connectivity index (χ2v) is 14.8. The second-order valence-electron chi connectivity index (χ2n) is 14.8. The lowest BCUT2D eigenvalue weighted by molar-refractivity contribution is -0.161. The third-order valence-electron chi connectivity index (χ3n) is 9.45. The maximum Gasteiger partial charge on any atom is 0.306 e. The summed E-state index contributed by atoms with van der Waals surface area (Å²) in [7, 11) is 0. The van der Waals surface area contributed by atoms with E-state index >= 15 is 0 Å². The lowest BCUT2D eigenvalue weighted by atomic mass is 10.0. The number of hydrogen-bond acceptors (Lipinski definition) is 5. The van der Waals surface area contributed by atoms with E-state index in [2.05, 4.69) is 98.9 Å². The molecular formula is C50H84O5. The Morgan fingerprint density at radius 2 is 0.782 bits per heavy atom. The van der Waals surface area contributed by atoms with Gasteiger partial charge in [0.05, 0.1) is 6.61 Å². The predicted octanol–water partition coefficient (Wildman–Crippen LogP) is 14.7. The van der Waals surface area contributed by atoms with Crippen molar-refractivity contribution >= 4 is 11.9 Å². The zero-order valence-corrected chi connectivity index (χ0v) is 35.7. The van der Waals surface area contributed by atoms with Gasteiger partial charge < -0.3 is 14.6 Å². The average molecular weight is 765 g/mol. The minimum Gasteiger partial charge on any atom is -0.462 e. The van der Waals surface area contributed by atoms with E-state index in [1.54, 1.807) is 0 Å². The molecule has 314 valence electrons. The van der Waals surface area contributed by atoms with E-state index in [-0.39, 0.29) is 25.2 Å². The van der Waals surface area contributed by atoms with Crippen LogP contribution in [0.5, 0.6) is 0 Å². The minimum atomic E-state index is -0.770. The van der Waals surface area contributed by atoms with Crippen LogP contribution in [0.3, 0.4) is 0 Å². The van der Waals surface area contributed by atoms with E-state index in [1.165, 1.54) is 89.9 Å². The Kier molecular flexibility index (Phi) is 43.1. The molecule has 0 radical (unpaired) electrons. The largest absolute Gasteiger partial charge is 0.462 e. The number of esters is 2. The number of carbonyl (C=O) groups excluding carboxylic acids is 2. The van der Waals surface area contributed by atoms with E-state index in [4.69, 9.17) is 9.47 Å². The van der Waals surface area contributed by atoms with Gasteiger partial charge >= 0.3 is 11.9 Å². The summed E-state index contributed by atoms with van der Waals surface area (Å²) in [6, 6.07) is 0. The summed E-state index contributed by atoms with van der Waals surface area (Å²) >= 11 is 0. The third-order valence-corrected chi connectivity index (χ3v) is 9.45. The fourth-order valence-electron chi connectivity index (χ4n) is 6.06. The highest BCUT2D eigenvalue weighted by Crippen LogP contribution is 2.14. The van der Waals surface area contributed by atoms with Crippen LogP contribution in [0.25, 0.3) is 0 Å². The highest BCUT2D eigenvalue weighted by Gasteiger charge is 2.16. The number of aliphatic hydroxyl groups is 1. The van der Waals surface area contributed by atoms with E-state index in [9.17, 15) is 14.7 Å². The maximum absolute atomic E-state index is 12.1. The van der Waals surface area contributed by atoms with Gasteiger partial charge in [0, 0.05) is 12.8 Å². The normalized spacial score (nSPS) is 13.0. The van der Waals surface area contributed by atoms with E-state index in [0.717, 1.165) is 83.5 Å². The zero-order chi connectivity index (χ0) is 40.0. The summed E-state index contributed by atoms with van der Waals surface area (Å²) < 4.78 is 10.5. The monoisotopic (exact) mass is 765 g/mol. The van der Waals surface area contributed by atoms with Crippen molar-refractivity contribution in [3.63, 3.8) is 0 Å². The molecule has 0 aliphatic heterocycles. The van der Waals surface area contributed by atoms with E-state index in [1.807, 2.05) is 0 Å². The van der Waals surface area contributed by atoms with Crippen molar-refractivity contribution in [1.82, 2.24) is 0 Å². The molecule has 0 aromatic rings. The molecule has 1 unspecified atom stereocenters. The molecule has 55 heavy (non-hydrogen) atoms. The van der Waals surface area contributed by atoms with Crippen molar-refractivity contribution in [1.29, 1.82) is 0 Å². The molecule has 0 aromatic heterocycles. The van der Waals surface area contributed by atoms with Crippen LogP contribution >= 0.6 is 0 Å². The first kappa shape index (κ1) is 52.1. The van der Waals surface area contributed by atoms with Crippen LogP contribution in [-0.4, -0.2) is 36.4 Å². The average Bonchev–Trinajstić information content (AvgIpc) is 3.19. The fraction of sp³-hybridized carbons (Fsp3) is 0.680. The number of aliphatic hydroxyl groups excluding tert-OH is 1. The molecule has 0 spiro atoms. The summed E-state index contributed by atoms with van der Waals surface area (Å²) in [5.74, 6) is -0.604. The van der Waals surface area contributed by atoms with Crippen molar-refractivity contribution in [2.24, 2.45) is 0 Å². The lowest BCUT2D eigenvalue weighted by Crippen LogP contribution is -2.28. The first-order valence-corrected chi connectivity index (χ1v) is 22.6. The fourth-order valence-corrected chi connectivity index (χ4v) is 6.06. The Morgan fingerprint density at radius 3 is 1.18 bits per heavy atom. The minimum absolute atomic E-state index is 0.0681. The number of allylic oxidation sites excluding steroid dienone is 14. The Morgan fingerprint density at radius 1 is 0.436 bits per heavy atom. The first-order chi connectivity index (χ1) is 27.1. The van der Waals surface area contributed by atoms with Gasteiger partial charge in [0.2, 0.25) is 0 Å². The van der Waals surface area contributed by atoms with Crippen molar-refractivity contribution in [2.75, 3.05) is 13.2 Å². The first-order valence-electron chi connectivity index (χ1n) is 22.6. The van der Waals surface area contributed by atoms with Crippen LogP contribution in [0.15, 0.2) is 85.1 Å². The topological polar surface area (TPSA) is 72.8 Å². The Hall–Kier alpha value is -2.92. The smallest absolute Gasteiger partial charge is 0.306 e. The van der Waals surface area contributed by atoms with Gasteiger partial charge in [-0.05, 0) is 70.6 Å². The SMILES string of the molecule is CC/C=C\C/C=C\C/C=C\C/C=C\C/C=C\C/C=C\C/C=C\CCCCCCCCCCCCCCCC(=O)OC(CO)COC(=O)CCCCCCCC. The molecular weight excluding hydrogens is 681 g/mol. The highest BCUT2D eigenvalue weighted by atomic mass is 16.6. The molecule has 0 aromatic carbocycles. The van der Waals surface area contributed by atoms with Gasteiger partial charge in [-0.3, -0.25) is 9.59 Å². The Bertz CT molecular complexity index is 1050. The van der Waals surface area contributed by atoms with Crippen LogP contribution in [0.4, 0.5) is 0 Å². The number of rotatable bonds is 40. The summed E-state index contributed by atoms with van der Waals surface area (Å²) in [5.41, 5.74) is 0. The number of carbonyl (C=O) groups is 2. The highest BCUT2D eigenvalue weighted by molar-refractivity contribution is 5.70. The zero-order valence-electron chi connectivity index (χ0n) is 35.7. The number of ether oxygens (including phenoxy) is 2. The predicted molar refractivity (Wildman–Crippen MR) is 237 cm³/mol. The molecule has 1 atom stereocenters. The van der Waals surface area contributed by atoms with Crippen LogP contribution < -0.4 is 0 Å². The summed E-state index contributed by atoms with van der Waals surface area (Å²) in [6.45, 7) is 3.95. The van der Waals surface area contributed by atoms with Crippen molar-refractivity contribution in [2.45, 2.75) is 206 Å². The summed E-state index contributed by atoms with van der Waals surface area (Å²) in [5, 5.41) is 9.51. The number of unbranched alkanes of at least 4 members (excludes halogenated alkanes) is 18. The molecule has 0 rings (SSSR count).